The fourth-order valence-electron chi connectivity index (χ4n) is 1.17. The Labute approximate surface area is 74.0 Å². The van der Waals surface area contributed by atoms with Crippen LogP contribution in [0, 0.1) is 10.1 Å². The summed E-state index contributed by atoms with van der Waals surface area (Å²) in [6.07, 6.45) is 1.51. The van der Waals surface area contributed by atoms with Crippen LogP contribution in [0.25, 0.3) is 10.8 Å². The van der Waals surface area contributed by atoms with Gasteiger partial charge < -0.3 is 10.1 Å². The number of nitrogens with zero attached hydrogens (tertiary/aromatic N) is 2. The smallest absolute Gasteiger partial charge is 0.358 e. The van der Waals surface area contributed by atoms with E-state index in [1.165, 1.54) is 12.3 Å². The van der Waals surface area contributed by atoms with Crippen molar-refractivity contribution in [3.63, 3.8) is 0 Å². The molecule has 0 atom stereocenters. The minimum absolute atomic E-state index is 0.112. The number of hydrogen-bond donors (Lipinski definition) is 0. The molecule has 0 bridgehead atoms. The normalized spacial score (nSPS) is 10.2. The lowest BCUT2D eigenvalue weighted by atomic mass is 10.2. The molecule has 13 heavy (non-hydrogen) atoms. The molecule has 2 rings (SSSR count). The lowest BCUT2D eigenvalue weighted by Gasteiger charge is -1.94. The van der Waals surface area contributed by atoms with Gasteiger partial charge in [-0.3, -0.25) is 0 Å². The van der Waals surface area contributed by atoms with Gasteiger partial charge in [0, 0.05) is 11.5 Å². The van der Waals surface area contributed by atoms with Crippen molar-refractivity contribution in [3.8, 4) is 0 Å². The van der Waals surface area contributed by atoms with E-state index in [0.29, 0.717) is 0 Å². The quantitative estimate of drug-likeness (QED) is 0.491. The molecule has 0 aliphatic rings. The molecule has 0 fully saturated rings. The Hall–Kier alpha value is -1.97. The van der Waals surface area contributed by atoms with Crippen LogP contribution in [0.3, 0.4) is 0 Å². The minimum atomic E-state index is -0.494. The van der Waals surface area contributed by atoms with Crippen LogP contribution < -0.4 is 0 Å². The lowest BCUT2D eigenvalue weighted by molar-refractivity contribution is -0.389. The molecule has 1 heterocycles. The Morgan fingerprint density at radius 3 is 2.62 bits per heavy atom. The minimum Gasteiger partial charge on any atom is -0.358 e. The van der Waals surface area contributed by atoms with Crippen LogP contribution >= 0.6 is 0 Å². The summed E-state index contributed by atoms with van der Waals surface area (Å²) in [6, 6.07) is 8.87. The topological polar surface area (TPSA) is 56.0 Å². The fourth-order valence-corrected chi connectivity index (χ4v) is 1.17. The van der Waals surface area contributed by atoms with Gasteiger partial charge in [-0.1, -0.05) is 24.3 Å². The molecular formula is C9H6N2O2. The Bertz CT molecular complexity index is 468. The number of nitro groups is 1. The van der Waals surface area contributed by atoms with E-state index in [-0.39, 0.29) is 5.82 Å². The Kier molecular flexibility index (Phi) is 1.66. The fraction of sp³-hybridized carbons (Fsp3) is 0. The van der Waals surface area contributed by atoms with Gasteiger partial charge in [-0.2, -0.15) is 0 Å². The van der Waals surface area contributed by atoms with Crippen LogP contribution in [-0.2, 0) is 0 Å². The molecule has 0 N–H and O–H groups in total. The lowest BCUT2D eigenvalue weighted by Crippen LogP contribution is -1.90. The molecule has 0 radical (unpaired) electrons. The number of aromatic nitrogens is 1. The zero-order valence-corrected chi connectivity index (χ0v) is 6.68. The highest BCUT2D eigenvalue weighted by Gasteiger charge is 2.06. The zero-order valence-electron chi connectivity index (χ0n) is 6.68. The molecule has 1 aromatic carbocycles. The number of pyridine rings is 1. The average molecular weight is 174 g/mol. The van der Waals surface area contributed by atoms with E-state index in [1.54, 1.807) is 0 Å². The second kappa shape index (κ2) is 2.82. The third-order valence-electron chi connectivity index (χ3n) is 1.80. The Balaban J connectivity index is 2.69. The molecule has 0 unspecified atom stereocenters. The summed E-state index contributed by atoms with van der Waals surface area (Å²) in [4.78, 5) is 13.6. The number of fused-ring (bicyclic) bond motifs is 1. The maximum absolute atomic E-state index is 10.4. The molecule has 0 saturated carbocycles. The first-order valence-corrected chi connectivity index (χ1v) is 3.76. The van der Waals surface area contributed by atoms with E-state index >= 15 is 0 Å². The van der Waals surface area contributed by atoms with Crippen LogP contribution in [0.15, 0.2) is 36.5 Å². The molecule has 0 amide bonds. The molecule has 2 aromatic rings. The first kappa shape index (κ1) is 7.67. The summed E-state index contributed by atoms with van der Waals surface area (Å²) < 4.78 is 0. The first-order valence-electron chi connectivity index (χ1n) is 3.76. The van der Waals surface area contributed by atoms with Crippen molar-refractivity contribution in [1.82, 2.24) is 4.98 Å². The summed E-state index contributed by atoms with van der Waals surface area (Å²) in [5.41, 5.74) is 0. The van der Waals surface area contributed by atoms with Crippen molar-refractivity contribution in [1.29, 1.82) is 0 Å². The first-order chi connectivity index (χ1) is 6.27. The third-order valence-corrected chi connectivity index (χ3v) is 1.80. The summed E-state index contributed by atoms with van der Waals surface area (Å²) in [5.74, 6) is -0.112. The number of rotatable bonds is 1. The highest BCUT2D eigenvalue weighted by atomic mass is 16.6. The van der Waals surface area contributed by atoms with E-state index in [9.17, 15) is 10.1 Å². The summed E-state index contributed by atoms with van der Waals surface area (Å²) >= 11 is 0. The molecule has 1 aromatic heterocycles. The standard InChI is InChI=1S/C9H6N2O2/c12-11(13)9-5-7-3-1-2-4-8(7)6-10-9/h1-6H. The van der Waals surface area contributed by atoms with Gasteiger partial charge in [0.25, 0.3) is 0 Å². The summed E-state index contributed by atoms with van der Waals surface area (Å²) in [6.45, 7) is 0. The van der Waals surface area contributed by atoms with Crippen molar-refractivity contribution in [3.05, 3.63) is 46.6 Å². The van der Waals surface area contributed by atoms with Gasteiger partial charge in [0.2, 0.25) is 0 Å². The van der Waals surface area contributed by atoms with Crippen LogP contribution in [0.4, 0.5) is 5.82 Å². The molecule has 0 spiro atoms. The maximum Gasteiger partial charge on any atom is 0.364 e. The van der Waals surface area contributed by atoms with E-state index in [2.05, 4.69) is 4.98 Å². The molecule has 0 aliphatic carbocycles. The van der Waals surface area contributed by atoms with E-state index in [1.807, 2.05) is 24.3 Å². The number of benzene rings is 1. The van der Waals surface area contributed by atoms with Gasteiger partial charge in [-0.15, -0.1) is 0 Å². The van der Waals surface area contributed by atoms with Crippen LogP contribution in [0.1, 0.15) is 0 Å². The molecule has 4 heteroatoms. The molecule has 4 nitrogen and oxygen atoms in total. The monoisotopic (exact) mass is 174 g/mol. The van der Waals surface area contributed by atoms with Crippen LogP contribution in [0.2, 0.25) is 0 Å². The largest absolute Gasteiger partial charge is 0.364 e. The van der Waals surface area contributed by atoms with Gasteiger partial charge in [0.15, 0.2) is 0 Å². The Morgan fingerprint density at radius 1 is 1.23 bits per heavy atom. The van der Waals surface area contributed by atoms with Crippen molar-refractivity contribution in [2.24, 2.45) is 0 Å². The van der Waals surface area contributed by atoms with E-state index in [0.717, 1.165) is 10.8 Å². The predicted molar refractivity (Wildman–Crippen MR) is 48.4 cm³/mol. The SMILES string of the molecule is O=[N+]([O-])c1cc2ccccc2cn1. The average Bonchev–Trinajstić information content (AvgIpc) is 2.17. The predicted octanol–water partition coefficient (Wildman–Crippen LogP) is 2.14. The van der Waals surface area contributed by atoms with Crippen LogP contribution in [-0.4, -0.2) is 9.91 Å². The third kappa shape index (κ3) is 1.33. The van der Waals surface area contributed by atoms with Crippen molar-refractivity contribution < 1.29 is 4.92 Å². The van der Waals surface area contributed by atoms with E-state index < -0.39 is 4.92 Å². The van der Waals surface area contributed by atoms with Crippen molar-refractivity contribution in [2.45, 2.75) is 0 Å². The highest BCUT2D eigenvalue weighted by molar-refractivity contribution is 5.82. The van der Waals surface area contributed by atoms with Crippen molar-refractivity contribution >= 4 is 16.6 Å². The molecule has 0 aliphatic heterocycles. The van der Waals surface area contributed by atoms with Gasteiger partial charge in [0.05, 0.1) is 0 Å². The van der Waals surface area contributed by atoms with Gasteiger partial charge in [0.1, 0.15) is 6.20 Å². The number of hydrogen-bond acceptors (Lipinski definition) is 3. The summed E-state index contributed by atoms with van der Waals surface area (Å²) in [7, 11) is 0. The Morgan fingerprint density at radius 2 is 1.92 bits per heavy atom. The van der Waals surface area contributed by atoms with Gasteiger partial charge in [-0.25, -0.2) is 0 Å². The summed E-state index contributed by atoms with van der Waals surface area (Å²) in [5, 5.41) is 12.1. The molecule has 0 saturated heterocycles. The van der Waals surface area contributed by atoms with Crippen molar-refractivity contribution in [2.75, 3.05) is 0 Å². The second-order valence-corrected chi connectivity index (χ2v) is 2.65. The molecular weight excluding hydrogens is 168 g/mol. The molecule has 64 valence electrons. The van der Waals surface area contributed by atoms with Gasteiger partial charge in [-0.05, 0) is 15.3 Å². The van der Waals surface area contributed by atoms with E-state index in [4.69, 9.17) is 0 Å². The van der Waals surface area contributed by atoms with Crippen LogP contribution in [0.5, 0.6) is 0 Å². The zero-order chi connectivity index (χ0) is 9.26. The maximum atomic E-state index is 10.4. The van der Waals surface area contributed by atoms with Gasteiger partial charge >= 0.3 is 5.82 Å². The second-order valence-electron chi connectivity index (χ2n) is 2.65. The highest BCUT2D eigenvalue weighted by Crippen LogP contribution is 2.16.